The van der Waals surface area contributed by atoms with E-state index in [2.05, 4.69) is 15.7 Å². The lowest BCUT2D eigenvalue weighted by molar-refractivity contribution is -0.127. The molecule has 1 aliphatic heterocycles. The van der Waals surface area contributed by atoms with Crippen LogP contribution >= 0.6 is 34.8 Å². The predicted molar refractivity (Wildman–Crippen MR) is 129 cm³/mol. The molecular formula is C23H17Cl3N4O2. The molecule has 0 bridgehead atoms. The number of hydrazone groups is 1. The average molecular weight is 488 g/mol. The predicted octanol–water partition coefficient (Wildman–Crippen LogP) is 5.34. The first kappa shape index (κ1) is 22.1. The van der Waals surface area contributed by atoms with Crippen LogP contribution in [0.1, 0.15) is 12.5 Å². The summed E-state index contributed by atoms with van der Waals surface area (Å²) in [4.78, 5) is 26.2. The van der Waals surface area contributed by atoms with E-state index in [1.807, 2.05) is 36.4 Å². The van der Waals surface area contributed by atoms with Crippen molar-refractivity contribution in [2.24, 2.45) is 5.10 Å². The van der Waals surface area contributed by atoms with Crippen molar-refractivity contribution >= 4 is 63.7 Å². The molecule has 1 unspecified atom stereocenters. The number of rotatable bonds is 5. The number of anilines is 2. The Bertz CT molecular complexity index is 1200. The van der Waals surface area contributed by atoms with Gasteiger partial charge < -0.3 is 10.6 Å². The van der Waals surface area contributed by atoms with Gasteiger partial charge in [-0.15, -0.1) is 0 Å². The highest BCUT2D eigenvalue weighted by Gasteiger charge is 2.54. The standard InChI is InChI=1S/C23H17Cl3N4O2/c1-14(31)27-23(28-17-10-6-3-7-11-17)21(15-8-4-2-5-9-15)29-30(22(23)32)20-18(25)12-16(24)13-19(20)26/h2-13,28H,1H3,(H,27,31). The lowest BCUT2D eigenvalue weighted by Gasteiger charge is -2.32. The summed E-state index contributed by atoms with van der Waals surface area (Å²) in [7, 11) is 0. The fourth-order valence-corrected chi connectivity index (χ4v) is 4.47. The summed E-state index contributed by atoms with van der Waals surface area (Å²) in [5.41, 5.74) is -0.0292. The Morgan fingerprint density at radius 1 is 0.938 bits per heavy atom. The maximum Gasteiger partial charge on any atom is 0.300 e. The summed E-state index contributed by atoms with van der Waals surface area (Å²) >= 11 is 18.8. The van der Waals surface area contributed by atoms with Crippen molar-refractivity contribution in [2.45, 2.75) is 12.6 Å². The monoisotopic (exact) mass is 486 g/mol. The van der Waals surface area contributed by atoms with Crippen LogP contribution in [0.5, 0.6) is 0 Å². The molecule has 0 saturated carbocycles. The van der Waals surface area contributed by atoms with Gasteiger partial charge in [-0.1, -0.05) is 83.3 Å². The minimum atomic E-state index is -1.71. The number of para-hydroxylation sites is 1. The molecule has 0 aromatic heterocycles. The van der Waals surface area contributed by atoms with Gasteiger partial charge in [0.05, 0.1) is 10.0 Å². The maximum absolute atomic E-state index is 13.9. The summed E-state index contributed by atoms with van der Waals surface area (Å²) in [6, 6.07) is 21.0. The third-order valence-electron chi connectivity index (χ3n) is 4.78. The van der Waals surface area contributed by atoms with E-state index in [-0.39, 0.29) is 21.4 Å². The lowest BCUT2D eigenvalue weighted by atomic mass is 9.95. The van der Waals surface area contributed by atoms with Crippen LogP contribution in [0.2, 0.25) is 15.1 Å². The summed E-state index contributed by atoms with van der Waals surface area (Å²) in [5, 5.41) is 12.2. The summed E-state index contributed by atoms with van der Waals surface area (Å²) in [6.45, 7) is 1.33. The highest BCUT2D eigenvalue weighted by molar-refractivity contribution is 6.43. The molecule has 1 heterocycles. The molecule has 3 aromatic carbocycles. The Hall–Kier alpha value is -3.06. The first-order valence-electron chi connectivity index (χ1n) is 9.57. The van der Waals surface area contributed by atoms with Crippen LogP contribution in [0.15, 0.2) is 77.9 Å². The van der Waals surface area contributed by atoms with E-state index >= 15 is 0 Å². The van der Waals surface area contributed by atoms with E-state index in [9.17, 15) is 9.59 Å². The van der Waals surface area contributed by atoms with Crippen LogP contribution in [0.3, 0.4) is 0 Å². The van der Waals surface area contributed by atoms with Crippen LogP contribution < -0.4 is 15.6 Å². The second kappa shape index (κ2) is 8.82. The topological polar surface area (TPSA) is 73.8 Å². The molecule has 0 spiro atoms. The van der Waals surface area contributed by atoms with E-state index in [0.717, 1.165) is 5.01 Å². The van der Waals surface area contributed by atoms with Crippen molar-refractivity contribution in [3.63, 3.8) is 0 Å². The third kappa shape index (κ3) is 4.05. The molecule has 1 aliphatic rings. The number of benzene rings is 3. The van der Waals surface area contributed by atoms with Gasteiger partial charge in [0.1, 0.15) is 11.4 Å². The number of hydrogen-bond donors (Lipinski definition) is 2. The number of nitrogens with zero attached hydrogens (tertiary/aromatic N) is 2. The first-order chi connectivity index (χ1) is 15.3. The second-order valence-electron chi connectivity index (χ2n) is 7.07. The van der Waals surface area contributed by atoms with Gasteiger partial charge in [0.25, 0.3) is 0 Å². The third-order valence-corrected chi connectivity index (χ3v) is 5.57. The number of amides is 2. The molecule has 0 saturated heterocycles. The molecule has 2 N–H and O–H groups in total. The van der Waals surface area contributed by atoms with Gasteiger partial charge >= 0.3 is 5.91 Å². The molecule has 0 fully saturated rings. The molecule has 162 valence electrons. The van der Waals surface area contributed by atoms with E-state index in [4.69, 9.17) is 34.8 Å². The summed E-state index contributed by atoms with van der Waals surface area (Å²) < 4.78 is 0. The molecule has 1 atom stereocenters. The highest BCUT2D eigenvalue weighted by Crippen LogP contribution is 2.40. The molecule has 0 radical (unpaired) electrons. The zero-order chi connectivity index (χ0) is 22.9. The van der Waals surface area contributed by atoms with Gasteiger partial charge in [-0.25, -0.2) is 0 Å². The zero-order valence-electron chi connectivity index (χ0n) is 16.8. The largest absolute Gasteiger partial charge is 0.350 e. The fourth-order valence-electron chi connectivity index (χ4n) is 3.50. The molecule has 6 nitrogen and oxygen atoms in total. The van der Waals surface area contributed by atoms with Crippen LogP contribution in [-0.2, 0) is 9.59 Å². The van der Waals surface area contributed by atoms with Crippen molar-refractivity contribution in [2.75, 3.05) is 10.3 Å². The Morgan fingerprint density at radius 3 is 2.06 bits per heavy atom. The van der Waals surface area contributed by atoms with Crippen LogP contribution in [0.4, 0.5) is 11.4 Å². The van der Waals surface area contributed by atoms with Crippen molar-refractivity contribution in [1.82, 2.24) is 5.32 Å². The first-order valence-corrected chi connectivity index (χ1v) is 10.7. The van der Waals surface area contributed by atoms with Gasteiger partial charge in [-0.3, -0.25) is 9.59 Å². The maximum atomic E-state index is 13.9. The Morgan fingerprint density at radius 2 is 1.50 bits per heavy atom. The van der Waals surface area contributed by atoms with Crippen LogP contribution in [-0.4, -0.2) is 23.2 Å². The Kier molecular flexibility index (Phi) is 6.11. The zero-order valence-corrected chi connectivity index (χ0v) is 19.0. The summed E-state index contributed by atoms with van der Waals surface area (Å²) in [5.74, 6) is -1.01. The van der Waals surface area contributed by atoms with Crippen molar-refractivity contribution in [3.8, 4) is 0 Å². The van der Waals surface area contributed by atoms with Crippen molar-refractivity contribution < 1.29 is 9.59 Å². The molecular weight excluding hydrogens is 471 g/mol. The summed E-state index contributed by atoms with van der Waals surface area (Å²) in [6.07, 6.45) is 0. The SMILES string of the molecule is CC(=O)NC1(Nc2ccccc2)C(=O)N(c2c(Cl)cc(Cl)cc2Cl)N=C1c1ccccc1. The van der Waals surface area contributed by atoms with Crippen LogP contribution in [0, 0.1) is 0 Å². The molecule has 3 aromatic rings. The minimum Gasteiger partial charge on any atom is -0.350 e. The fraction of sp³-hybridized carbons (Fsp3) is 0.0870. The number of carbonyl (C=O) groups is 2. The number of nitrogens with one attached hydrogen (secondary N) is 2. The number of halogens is 3. The minimum absolute atomic E-state index is 0.144. The van der Waals surface area contributed by atoms with Crippen molar-refractivity contribution in [3.05, 3.63) is 93.4 Å². The quantitative estimate of drug-likeness (QED) is 0.477. The van der Waals surface area contributed by atoms with E-state index < -0.39 is 17.5 Å². The van der Waals surface area contributed by atoms with Gasteiger partial charge in [0.15, 0.2) is 0 Å². The van der Waals surface area contributed by atoms with Gasteiger partial charge in [0.2, 0.25) is 11.6 Å². The molecule has 2 amide bonds. The van der Waals surface area contributed by atoms with Crippen LogP contribution in [0.25, 0.3) is 0 Å². The lowest BCUT2D eigenvalue weighted by Crippen LogP contribution is -2.64. The Balaban J connectivity index is 1.94. The molecule has 32 heavy (non-hydrogen) atoms. The van der Waals surface area contributed by atoms with E-state index in [1.165, 1.54) is 19.1 Å². The molecule has 0 aliphatic carbocycles. The van der Waals surface area contributed by atoms with E-state index in [1.54, 1.807) is 24.3 Å². The highest BCUT2D eigenvalue weighted by atomic mass is 35.5. The normalized spacial score (nSPS) is 17.8. The molecule has 9 heteroatoms. The second-order valence-corrected chi connectivity index (χ2v) is 8.32. The van der Waals surface area contributed by atoms with Crippen molar-refractivity contribution in [1.29, 1.82) is 0 Å². The van der Waals surface area contributed by atoms with E-state index in [0.29, 0.717) is 16.3 Å². The average Bonchev–Trinajstić information content (AvgIpc) is 3.00. The van der Waals surface area contributed by atoms with Gasteiger partial charge in [0, 0.05) is 23.2 Å². The number of hydrogen-bond acceptors (Lipinski definition) is 4. The van der Waals surface area contributed by atoms with Gasteiger partial charge in [-0.2, -0.15) is 10.1 Å². The molecule has 4 rings (SSSR count). The Labute approximate surface area is 199 Å². The van der Waals surface area contributed by atoms with Gasteiger partial charge in [-0.05, 0) is 24.3 Å². The smallest absolute Gasteiger partial charge is 0.300 e. The number of carbonyl (C=O) groups excluding carboxylic acids is 2.